The highest BCUT2D eigenvalue weighted by Gasteiger charge is 2.15. The van der Waals surface area contributed by atoms with Crippen molar-refractivity contribution in [2.24, 2.45) is 0 Å². The molecular weight excluding hydrogens is 385 g/mol. The first-order valence-electron chi connectivity index (χ1n) is 8.97. The predicted molar refractivity (Wildman–Crippen MR) is 108 cm³/mol. The molecule has 5 nitrogen and oxygen atoms in total. The van der Waals surface area contributed by atoms with E-state index in [4.69, 9.17) is 27.6 Å². The van der Waals surface area contributed by atoms with Crippen molar-refractivity contribution in [1.82, 2.24) is 9.88 Å². The van der Waals surface area contributed by atoms with E-state index in [2.05, 4.69) is 15.2 Å². The second-order valence-electron chi connectivity index (χ2n) is 6.67. The van der Waals surface area contributed by atoms with Gasteiger partial charge in [-0.05, 0) is 62.3 Å². The fraction of sp³-hybridized carbons (Fsp3) is 0.300. The van der Waals surface area contributed by atoms with Gasteiger partial charge in [0.1, 0.15) is 5.52 Å². The summed E-state index contributed by atoms with van der Waals surface area (Å²) in [5, 5.41) is 3.64. The first kappa shape index (κ1) is 18.3. The third-order valence-corrected chi connectivity index (χ3v) is 5.25. The Bertz CT molecular complexity index is 981. The summed E-state index contributed by atoms with van der Waals surface area (Å²) in [6, 6.07) is 10.2. The van der Waals surface area contributed by atoms with Gasteiger partial charge in [-0.3, -0.25) is 4.79 Å². The number of anilines is 1. The molecular formula is C20H19Cl2N3O2. The van der Waals surface area contributed by atoms with E-state index < -0.39 is 0 Å². The molecule has 0 radical (unpaired) electrons. The Hall–Kier alpha value is -2.08. The van der Waals surface area contributed by atoms with Gasteiger partial charge in [0.05, 0.1) is 10.6 Å². The average Bonchev–Trinajstić information content (AvgIpc) is 3.28. The molecule has 0 atom stereocenters. The van der Waals surface area contributed by atoms with Gasteiger partial charge in [0.25, 0.3) is 5.91 Å². The first-order chi connectivity index (χ1) is 13.1. The fourth-order valence-electron chi connectivity index (χ4n) is 3.29. The zero-order chi connectivity index (χ0) is 18.8. The second-order valence-corrected chi connectivity index (χ2v) is 7.51. The van der Waals surface area contributed by atoms with Crippen molar-refractivity contribution < 1.29 is 9.21 Å². The third-order valence-electron chi connectivity index (χ3n) is 4.71. The molecule has 0 bridgehead atoms. The van der Waals surface area contributed by atoms with Crippen LogP contribution in [0.3, 0.4) is 0 Å². The third kappa shape index (κ3) is 4.26. The number of fused-ring (bicyclic) bond motifs is 1. The van der Waals surface area contributed by atoms with Gasteiger partial charge in [0.2, 0.25) is 0 Å². The van der Waals surface area contributed by atoms with E-state index in [0.717, 1.165) is 37.5 Å². The van der Waals surface area contributed by atoms with Crippen LogP contribution < -0.4 is 5.32 Å². The number of hydrogen-bond donors (Lipinski definition) is 1. The predicted octanol–water partition coefficient (Wildman–Crippen LogP) is 5.03. The van der Waals surface area contributed by atoms with Crippen LogP contribution in [0.5, 0.6) is 0 Å². The normalized spacial score (nSPS) is 14.7. The summed E-state index contributed by atoms with van der Waals surface area (Å²) in [4.78, 5) is 19.4. The molecule has 0 spiro atoms. The standard InChI is InChI=1S/C20H19Cl2N3O2/c21-13-3-5-15(16(22)11-13)20(26)23-14-4-6-18-17(12-14)24-19(27-18)7-10-25-8-1-2-9-25/h3-6,11-12H,1-2,7-10H2,(H,23,26). The monoisotopic (exact) mass is 403 g/mol. The summed E-state index contributed by atoms with van der Waals surface area (Å²) in [7, 11) is 0. The number of aromatic nitrogens is 1. The van der Waals surface area contributed by atoms with Crippen LogP contribution in [0, 0.1) is 0 Å². The van der Waals surface area contributed by atoms with E-state index in [1.165, 1.54) is 12.8 Å². The number of carbonyl (C=O) groups excluding carboxylic acids is 1. The topological polar surface area (TPSA) is 58.4 Å². The number of rotatable bonds is 5. The minimum atomic E-state index is -0.297. The van der Waals surface area contributed by atoms with Gasteiger partial charge in [0.15, 0.2) is 11.5 Å². The average molecular weight is 404 g/mol. The molecule has 1 aromatic heterocycles. The quantitative estimate of drug-likeness (QED) is 0.649. The van der Waals surface area contributed by atoms with E-state index in [1.807, 2.05) is 6.07 Å². The van der Waals surface area contributed by atoms with Gasteiger partial charge in [-0.1, -0.05) is 23.2 Å². The Morgan fingerprint density at radius 3 is 2.74 bits per heavy atom. The van der Waals surface area contributed by atoms with Crippen LogP contribution in [-0.2, 0) is 6.42 Å². The number of hydrogen-bond acceptors (Lipinski definition) is 4. The van der Waals surface area contributed by atoms with Crippen molar-refractivity contribution in [1.29, 1.82) is 0 Å². The van der Waals surface area contributed by atoms with Crippen LogP contribution in [0.1, 0.15) is 29.1 Å². The Morgan fingerprint density at radius 1 is 1.15 bits per heavy atom. The molecule has 0 unspecified atom stereocenters. The molecule has 1 aliphatic heterocycles. The molecule has 27 heavy (non-hydrogen) atoms. The molecule has 1 fully saturated rings. The number of likely N-dealkylation sites (tertiary alicyclic amines) is 1. The summed E-state index contributed by atoms with van der Waals surface area (Å²) in [6.07, 6.45) is 3.33. The molecule has 4 rings (SSSR count). The zero-order valence-corrected chi connectivity index (χ0v) is 16.2. The Labute approximate surface area is 167 Å². The number of nitrogens with one attached hydrogen (secondary N) is 1. The molecule has 7 heteroatoms. The summed E-state index contributed by atoms with van der Waals surface area (Å²) in [6.45, 7) is 3.28. The van der Waals surface area contributed by atoms with E-state index in [9.17, 15) is 4.79 Å². The van der Waals surface area contributed by atoms with E-state index in [0.29, 0.717) is 26.9 Å². The van der Waals surface area contributed by atoms with Crippen molar-refractivity contribution in [2.45, 2.75) is 19.3 Å². The van der Waals surface area contributed by atoms with Gasteiger partial charge in [-0.2, -0.15) is 0 Å². The van der Waals surface area contributed by atoms with Crippen molar-refractivity contribution in [2.75, 3.05) is 25.0 Å². The minimum Gasteiger partial charge on any atom is -0.441 e. The summed E-state index contributed by atoms with van der Waals surface area (Å²) >= 11 is 12.0. The largest absolute Gasteiger partial charge is 0.441 e. The van der Waals surface area contributed by atoms with E-state index in [1.54, 1.807) is 30.3 Å². The van der Waals surface area contributed by atoms with Crippen LogP contribution in [0.15, 0.2) is 40.8 Å². The maximum Gasteiger partial charge on any atom is 0.257 e. The zero-order valence-electron chi connectivity index (χ0n) is 14.7. The SMILES string of the molecule is O=C(Nc1ccc2oc(CCN3CCCC3)nc2c1)c1ccc(Cl)cc1Cl. The van der Waals surface area contributed by atoms with Crippen LogP contribution in [0.4, 0.5) is 5.69 Å². The molecule has 0 saturated carbocycles. The lowest BCUT2D eigenvalue weighted by Gasteiger charge is -2.12. The molecule has 3 aromatic rings. The maximum atomic E-state index is 12.4. The molecule has 2 aromatic carbocycles. The van der Waals surface area contributed by atoms with Crippen molar-refractivity contribution in [3.63, 3.8) is 0 Å². The number of nitrogens with zero attached hydrogens (tertiary/aromatic N) is 2. The lowest BCUT2D eigenvalue weighted by Crippen LogP contribution is -2.21. The Kier molecular flexibility index (Phi) is 5.34. The molecule has 0 aliphatic carbocycles. The minimum absolute atomic E-state index is 0.297. The molecule has 140 valence electrons. The molecule has 1 saturated heterocycles. The highest BCUT2D eigenvalue weighted by Crippen LogP contribution is 2.24. The smallest absolute Gasteiger partial charge is 0.257 e. The van der Waals surface area contributed by atoms with Crippen molar-refractivity contribution in [3.05, 3.63) is 57.9 Å². The van der Waals surface area contributed by atoms with Gasteiger partial charge >= 0.3 is 0 Å². The lowest BCUT2D eigenvalue weighted by atomic mass is 10.2. The van der Waals surface area contributed by atoms with Gasteiger partial charge in [-0.15, -0.1) is 0 Å². The summed E-state index contributed by atoms with van der Waals surface area (Å²) < 4.78 is 5.82. The lowest BCUT2D eigenvalue weighted by molar-refractivity contribution is 0.102. The Balaban J connectivity index is 1.46. The number of amides is 1. The maximum absolute atomic E-state index is 12.4. The van der Waals surface area contributed by atoms with E-state index >= 15 is 0 Å². The van der Waals surface area contributed by atoms with Crippen molar-refractivity contribution in [3.8, 4) is 0 Å². The number of carbonyl (C=O) groups is 1. The number of benzene rings is 2. The van der Waals surface area contributed by atoms with Crippen LogP contribution in [0.25, 0.3) is 11.1 Å². The van der Waals surface area contributed by atoms with Gasteiger partial charge in [-0.25, -0.2) is 4.98 Å². The van der Waals surface area contributed by atoms with Crippen molar-refractivity contribution >= 4 is 45.9 Å². The number of halogens is 2. The Morgan fingerprint density at radius 2 is 1.96 bits per heavy atom. The summed E-state index contributed by atoms with van der Waals surface area (Å²) in [5.74, 6) is 0.426. The van der Waals surface area contributed by atoms with Crippen LogP contribution >= 0.6 is 23.2 Å². The van der Waals surface area contributed by atoms with Crippen LogP contribution in [0.2, 0.25) is 10.0 Å². The fourth-order valence-corrected chi connectivity index (χ4v) is 3.79. The van der Waals surface area contributed by atoms with Gasteiger partial charge in [0, 0.05) is 23.7 Å². The molecule has 2 heterocycles. The highest BCUT2D eigenvalue weighted by atomic mass is 35.5. The molecule has 1 amide bonds. The van der Waals surface area contributed by atoms with Crippen LogP contribution in [-0.4, -0.2) is 35.4 Å². The summed E-state index contributed by atoms with van der Waals surface area (Å²) in [5.41, 5.74) is 2.45. The van der Waals surface area contributed by atoms with E-state index in [-0.39, 0.29) is 5.91 Å². The second kappa shape index (κ2) is 7.89. The molecule has 1 N–H and O–H groups in total. The molecule has 1 aliphatic rings. The van der Waals surface area contributed by atoms with Gasteiger partial charge < -0.3 is 14.6 Å². The first-order valence-corrected chi connectivity index (χ1v) is 9.72. The highest BCUT2D eigenvalue weighted by molar-refractivity contribution is 6.37. The number of oxazole rings is 1.